The van der Waals surface area contributed by atoms with Crippen molar-refractivity contribution in [2.45, 2.75) is 59.7 Å². The number of aryl methyl sites for hydroxylation is 1. The molecule has 0 atom stereocenters. The van der Waals surface area contributed by atoms with Crippen LogP contribution in [0.5, 0.6) is 0 Å². The van der Waals surface area contributed by atoms with Crippen molar-refractivity contribution in [2.75, 3.05) is 0 Å². The van der Waals surface area contributed by atoms with E-state index >= 15 is 0 Å². The van der Waals surface area contributed by atoms with Gasteiger partial charge in [-0.05, 0) is 33.6 Å². The Kier molecular flexibility index (Phi) is 8.96. The molecule has 0 bridgehead atoms. The molecule has 2 N–H and O–H groups in total. The average molecular weight is 395 g/mol. The second-order valence-corrected chi connectivity index (χ2v) is 6.31. The average Bonchev–Trinajstić information content (AvgIpc) is 3.08. The highest BCUT2D eigenvalue weighted by Crippen LogP contribution is 2.33. The molecule has 1 rings (SSSR count). The Morgan fingerprint density at radius 1 is 1.29 bits per heavy atom. The summed E-state index contributed by atoms with van der Waals surface area (Å²) in [5, 5.41) is 3.70. The number of hydrogen-bond acceptors (Lipinski definition) is 3. The van der Waals surface area contributed by atoms with E-state index in [1.54, 1.807) is 0 Å². The number of carbonyl (C=O) groups excluding carboxylic acids is 1. The normalized spacial score (nSPS) is 14.2. The molecule has 0 aliphatic carbocycles. The van der Waals surface area contributed by atoms with Crippen LogP contribution in [0.15, 0.2) is 53.4 Å². The van der Waals surface area contributed by atoms with Crippen molar-refractivity contribution in [3.8, 4) is 0 Å². The van der Waals surface area contributed by atoms with E-state index in [0.717, 1.165) is 22.9 Å². The molecule has 1 aromatic rings. The topological polar surface area (TPSA) is 60.9 Å². The number of nitrogens with zero attached hydrogens (tertiary/aromatic N) is 2. The van der Waals surface area contributed by atoms with Gasteiger partial charge in [0.05, 0.1) is 11.8 Å². The predicted molar refractivity (Wildman–Crippen MR) is 106 cm³/mol. The first kappa shape index (κ1) is 23.5. The lowest BCUT2D eigenvalue weighted by Gasteiger charge is -2.13. The third kappa shape index (κ3) is 6.25. The number of aromatic nitrogens is 2. The van der Waals surface area contributed by atoms with Crippen LogP contribution in [0.1, 0.15) is 63.0 Å². The summed E-state index contributed by atoms with van der Waals surface area (Å²) in [5.74, 6) is -0.746. The molecule has 0 saturated carbocycles. The number of Topliss-reactive ketones (excluding diaryl/α,β-unsaturated/α-hetero) is 1. The van der Waals surface area contributed by atoms with Crippen molar-refractivity contribution < 1.29 is 18.0 Å². The van der Waals surface area contributed by atoms with Crippen molar-refractivity contribution >= 4 is 5.78 Å². The van der Waals surface area contributed by atoms with E-state index in [1.807, 2.05) is 44.2 Å². The van der Waals surface area contributed by atoms with Crippen LogP contribution in [0.2, 0.25) is 0 Å². The van der Waals surface area contributed by atoms with Crippen LogP contribution in [0.3, 0.4) is 0 Å². The standard InChI is InChI=1S/C21H28F3N3O/c1-5-8-9-10-12-16(11-6-2)13-18(25)15(4)19(28)17-14-26-27(7-3)20(17)21(22,23)24/h5,8-11,14H,6-7,12-13,25H2,1-4H3/b8-5-,10-9?,16-11+,18-15?. The van der Waals surface area contributed by atoms with Gasteiger partial charge in [0.25, 0.3) is 0 Å². The summed E-state index contributed by atoms with van der Waals surface area (Å²) < 4.78 is 40.9. The lowest BCUT2D eigenvalue weighted by atomic mass is 9.98. The van der Waals surface area contributed by atoms with Gasteiger partial charge in [-0.25, -0.2) is 0 Å². The maximum atomic E-state index is 13.4. The van der Waals surface area contributed by atoms with Crippen molar-refractivity contribution in [1.82, 2.24) is 9.78 Å². The summed E-state index contributed by atoms with van der Waals surface area (Å²) in [5.41, 5.74) is 5.97. The largest absolute Gasteiger partial charge is 0.433 e. The number of alkyl halides is 3. The minimum absolute atomic E-state index is 0.0162. The van der Waals surface area contributed by atoms with Gasteiger partial charge >= 0.3 is 6.18 Å². The lowest BCUT2D eigenvalue weighted by Crippen LogP contribution is -2.19. The molecule has 0 aliphatic heterocycles. The number of ketones is 1. The van der Waals surface area contributed by atoms with Gasteiger partial charge in [0, 0.05) is 24.2 Å². The Hall–Kier alpha value is -2.57. The Morgan fingerprint density at radius 2 is 1.96 bits per heavy atom. The second-order valence-electron chi connectivity index (χ2n) is 6.31. The molecular formula is C21H28F3N3O. The molecule has 0 fully saturated rings. The first-order valence-electron chi connectivity index (χ1n) is 9.25. The summed E-state index contributed by atoms with van der Waals surface area (Å²) in [4.78, 5) is 12.7. The van der Waals surface area contributed by atoms with Crippen LogP contribution in [-0.4, -0.2) is 15.6 Å². The zero-order chi connectivity index (χ0) is 21.3. The van der Waals surface area contributed by atoms with Crippen molar-refractivity contribution in [2.24, 2.45) is 5.73 Å². The predicted octanol–water partition coefficient (Wildman–Crippen LogP) is 5.59. The fourth-order valence-corrected chi connectivity index (χ4v) is 2.74. The molecule has 7 heteroatoms. The molecule has 1 aromatic heterocycles. The monoisotopic (exact) mass is 395 g/mol. The highest BCUT2D eigenvalue weighted by atomic mass is 19.4. The molecule has 0 saturated heterocycles. The first-order chi connectivity index (χ1) is 13.2. The molecule has 28 heavy (non-hydrogen) atoms. The van der Waals surface area contributed by atoms with E-state index in [9.17, 15) is 18.0 Å². The molecule has 0 unspecified atom stereocenters. The smallest absolute Gasteiger partial charge is 0.401 e. The van der Waals surface area contributed by atoms with Crippen molar-refractivity contribution in [3.63, 3.8) is 0 Å². The van der Waals surface area contributed by atoms with Crippen LogP contribution in [0.25, 0.3) is 0 Å². The zero-order valence-electron chi connectivity index (χ0n) is 16.8. The van der Waals surface area contributed by atoms with E-state index in [2.05, 4.69) is 5.10 Å². The van der Waals surface area contributed by atoms with Crippen LogP contribution < -0.4 is 5.73 Å². The Labute approximate surface area is 164 Å². The quantitative estimate of drug-likeness (QED) is 0.257. The highest BCUT2D eigenvalue weighted by molar-refractivity contribution is 6.09. The van der Waals surface area contributed by atoms with Gasteiger partial charge in [0.15, 0.2) is 11.5 Å². The van der Waals surface area contributed by atoms with Crippen molar-refractivity contribution in [3.05, 3.63) is 64.7 Å². The maximum Gasteiger partial charge on any atom is 0.433 e. The number of hydrogen-bond donors (Lipinski definition) is 1. The summed E-state index contributed by atoms with van der Waals surface area (Å²) >= 11 is 0. The first-order valence-corrected chi connectivity index (χ1v) is 9.25. The van der Waals surface area contributed by atoms with Gasteiger partial charge in [0.1, 0.15) is 0 Å². The number of halogens is 3. The van der Waals surface area contributed by atoms with Gasteiger partial charge in [0.2, 0.25) is 0 Å². The van der Waals surface area contributed by atoms with Gasteiger partial charge < -0.3 is 5.73 Å². The van der Waals surface area contributed by atoms with Gasteiger partial charge in [-0.15, -0.1) is 0 Å². The molecule has 1 heterocycles. The van der Waals surface area contributed by atoms with Crippen LogP contribution in [0.4, 0.5) is 13.2 Å². The lowest BCUT2D eigenvalue weighted by molar-refractivity contribution is -0.144. The van der Waals surface area contributed by atoms with E-state index in [1.165, 1.54) is 13.8 Å². The fourth-order valence-electron chi connectivity index (χ4n) is 2.74. The summed E-state index contributed by atoms with van der Waals surface area (Å²) in [6.45, 7) is 6.92. The van der Waals surface area contributed by atoms with Crippen LogP contribution >= 0.6 is 0 Å². The van der Waals surface area contributed by atoms with Gasteiger partial charge in [-0.1, -0.05) is 42.9 Å². The highest BCUT2D eigenvalue weighted by Gasteiger charge is 2.40. The minimum atomic E-state index is -4.67. The molecule has 0 spiro atoms. The molecule has 0 aromatic carbocycles. The second kappa shape index (κ2) is 10.7. The van der Waals surface area contributed by atoms with Gasteiger partial charge in [-0.3, -0.25) is 9.48 Å². The number of rotatable bonds is 9. The van der Waals surface area contributed by atoms with Crippen LogP contribution in [0, 0.1) is 0 Å². The third-order valence-electron chi connectivity index (χ3n) is 4.20. The van der Waals surface area contributed by atoms with Crippen molar-refractivity contribution in [1.29, 1.82) is 0 Å². The molecule has 4 nitrogen and oxygen atoms in total. The molecule has 0 amide bonds. The Balaban J connectivity index is 3.15. The third-order valence-corrected chi connectivity index (χ3v) is 4.20. The molecule has 154 valence electrons. The number of allylic oxidation sites excluding steroid dienone is 7. The maximum absolute atomic E-state index is 13.4. The van der Waals surface area contributed by atoms with Gasteiger partial charge in [-0.2, -0.15) is 18.3 Å². The molecule has 0 radical (unpaired) electrons. The summed E-state index contributed by atoms with van der Waals surface area (Å²) in [7, 11) is 0. The SMILES string of the molecule is C/C=C\C=CC/C(=C\CC)CC(N)=C(C)C(=O)c1cnn(CC)c1C(F)(F)F. The van der Waals surface area contributed by atoms with E-state index in [4.69, 9.17) is 5.73 Å². The molecular weight excluding hydrogens is 367 g/mol. The molecule has 0 aliphatic rings. The van der Waals surface area contributed by atoms with E-state index in [0.29, 0.717) is 12.8 Å². The Bertz CT molecular complexity index is 796. The van der Waals surface area contributed by atoms with E-state index < -0.39 is 23.2 Å². The number of carbonyl (C=O) groups is 1. The minimum Gasteiger partial charge on any atom is -0.401 e. The summed E-state index contributed by atoms with van der Waals surface area (Å²) in [6.07, 6.45) is 7.79. The van der Waals surface area contributed by atoms with E-state index in [-0.39, 0.29) is 17.8 Å². The Morgan fingerprint density at radius 3 is 2.50 bits per heavy atom. The zero-order valence-corrected chi connectivity index (χ0v) is 16.8. The van der Waals surface area contributed by atoms with Crippen LogP contribution in [-0.2, 0) is 12.7 Å². The fraction of sp³-hybridized carbons (Fsp3) is 0.429. The number of nitrogens with two attached hydrogens (primary N) is 1. The summed E-state index contributed by atoms with van der Waals surface area (Å²) in [6, 6.07) is 0.